The summed E-state index contributed by atoms with van der Waals surface area (Å²) in [6.45, 7) is 0.602. The van der Waals surface area contributed by atoms with Crippen LogP contribution in [-0.4, -0.2) is 30.3 Å². The van der Waals surface area contributed by atoms with Crippen LogP contribution in [0, 0.1) is 5.92 Å². The summed E-state index contributed by atoms with van der Waals surface area (Å²) in [5, 5.41) is 11.8. The summed E-state index contributed by atoms with van der Waals surface area (Å²) in [7, 11) is 0. The Morgan fingerprint density at radius 1 is 1.42 bits per heavy atom. The molecule has 0 aliphatic heterocycles. The SMILES string of the molecule is CC(C)C(CO)NC(=O)c1cccc(OC(F)F)c1. The van der Waals surface area contributed by atoms with Crippen molar-refractivity contribution in [2.75, 3.05) is 6.61 Å². The molecule has 1 rings (SSSR count). The molecule has 106 valence electrons. The van der Waals surface area contributed by atoms with Gasteiger partial charge in [-0.25, -0.2) is 0 Å². The van der Waals surface area contributed by atoms with E-state index in [0.717, 1.165) is 0 Å². The van der Waals surface area contributed by atoms with Gasteiger partial charge in [0.15, 0.2) is 0 Å². The number of rotatable bonds is 6. The summed E-state index contributed by atoms with van der Waals surface area (Å²) in [4.78, 5) is 11.9. The molecule has 1 aromatic rings. The van der Waals surface area contributed by atoms with E-state index in [0.29, 0.717) is 0 Å². The van der Waals surface area contributed by atoms with E-state index in [1.807, 2.05) is 13.8 Å². The molecule has 0 aromatic heterocycles. The Balaban J connectivity index is 2.76. The summed E-state index contributed by atoms with van der Waals surface area (Å²) < 4.78 is 28.4. The van der Waals surface area contributed by atoms with Crippen molar-refractivity contribution in [3.63, 3.8) is 0 Å². The lowest BCUT2D eigenvalue weighted by atomic mass is 10.0. The first-order chi connectivity index (χ1) is 8.93. The third kappa shape index (κ3) is 4.82. The predicted molar refractivity (Wildman–Crippen MR) is 66.3 cm³/mol. The molecule has 0 saturated carbocycles. The summed E-state index contributed by atoms with van der Waals surface area (Å²) in [6, 6.07) is 5.14. The van der Waals surface area contributed by atoms with Crippen molar-refractivity contribution >= 4 is 5.91 Å². The summed E-state index contributed by atoms with van der Waals surface area (Å²) in [5.74, 6) is -0.449. The Morgan fingerprint density at radius 2 is 2.11 bits per heavy atom. The van der Waals surface area contributed by atoms with Crippen LogP contribution in [0.4, 0.5) is 8.78 Å². The number of ether oxygens (including phenoxy) is 1. The van der Waals surface area contributed by atoms with Gasteiger partial charge in [-0.2, -0.15) is 8.78 Å². The van der Waals surface area contributed by atoms with Gasteiger partial charge in [0.2, 0.25) is 0 Å². The molecule has 1 aromatic carbocycles. The monoisotopic (exact) mass is 273 g/mol. The highest BCUT2D eigenvalue weighted by atomic mass is 19.3. The van der Waals surface area contributed by atoms with Gasteiger partial charge < -0.3 is 15.2 Å². The maximum atomic E-state index is 12.1. The zero-order valence-electron chi connectivity index (χ0n) is 10.8. The van der Waals surface area contributed by atoms with Gasteiger partial charge in [0.05, 0.1) is 12.6 Å². The number of amides is 1. The molecule has 1 atom stereocenters. The van der Waals surface area contributed by atoms with Crippen molar-refractivity contribution in [3.05, 3.63) is 29.8 Å². The first kappa shape index (κ1) is 15.4. The van der Waals surface area contributed by atoms with Crippen LogP contribution in [0.15, 0.2) is 24.3 Å². The summed E-state index contributed by atoms with van der Waals surface area (Å²) in [5.41, 5.74) is 0.206. The fourth-order valence-electron chi connectivity index (χ4n) is 1.49. The zero-order chi connectivity index (χ0) is 14.4. The number of benzene rings is 1. The van der Waals surface area contributed by atoms with Gasteiger partial charge in [0.25, 0.3) is 5.91 Å². The van der Waals surface area contributed by atoms with Crippen molar-refractivity contribution in [1.29, 1.82) is 0 Å². The van der Waals surface area contributed by atoms with Crippen LogP contribution >= 0.6 is 0 Å². The molecular formula is C13H17F2NO3. The van der Waals surface area contributed by atoms with Crippen LogP contribution in [0.5, 0.6) is 5.75 Å². The Kier molecular flexibility index (Phi) is 5.69. The molecule has 6 heteroatoms. The van der Waals surface area contributed by atoms with E-state index >= 15 is 0 Å². The highest BCUT2D eigenvalue weighted by Gasteiger charge is 2.16. The molecule has 1 unspecified atom stereocenters. The second-order valence-corrected chi connectivity index (χ2v) is 4.41. The first-order valence-electron chi connectivity index (χ1n) is 5.90. The molecule has 0 spiro atoms. The Bertz CT molecular complexity index is 424. The molecule has 0 aliphatic carbocycles. The van der Waals surface area contributed by atoms with Crippen LogP contribution in [0.2, 0.25) is 0 Å². The van der Waals surface area contributed by atoms with Crippen LogP contribution < -0.4 is 10.1 Å². The molecule has 0 aliphatic rings. The molecular weight excluding hydrogens is 256 g/mol. The third-order valence-electron chi connectivity index (χ3n) is 2.64. The van der Waals surface area contributed by atoms with E-state index < -0.39 is 12.5 Å². The molecule has 0 fully saturated rings. The number of hydrogen-bond donors (Lipinski definition) is 2. The van der Waals surface area contributed by atoms with Crippen molar-refractivity contribution in [1.82, 2.24) is 5.32 Å². The topological polar surface area (TPSA) is 58.6 Å². The van der Waals surface area contributed by atoms with E-state index in [-0.39, 0.29) is 29.9 Å². The maximum Gasteiger partial charge on any atom is 0.387 e. The molecule has 0 bridgehead atoms. The number of carbonyl (C=O) groups is 1. The smallest absolute Gasteiger partial charge is 0.387 e. The van der Waals surface area contributed by atoms with Gasteiger partial charge in [-0.3, -0.25) is 4.79 Å². The second-order valence-electron chi connectivity index (χ2n) is 4.41. The number of carbonyl (C=O) groups excluding carboxylic acids is 1. The Morgan fingerprint density at radius 3 is 2.63 bits per heavy atom. The van der Waals surface area contributed by atoms with Gasteiger partial charge in [0, 0.05) is 5.56 Å². The minimum Gasteiger partial charge on any atom is -0.435 e. The van der Waals surface area contributed by atoms with E-state index in [4.69, 9.17) is 5.11 Å². The first-order valence-corrected chi connectivity index (χ1v) is 5.90. The van der Waals surface area contributed by atoms with Gasteiger partial charge in [-0.05, 0) is 24.1 Å². The normalized spacial score (nSPS) is 12.6. The molecule has 0 radical (unpaired) electrons. The van der Waals surface area contributed by atoms with Gasteiger partial charge in [-0.1, -0.05) is 19.9 Å². The van der Waals surface area contributed by atoms with Crippen molar-refractivity contribution in [3.8, 4) is 5.75 Å². The van der Waals surface area contributed by atoms with Gasteiger partial charge >= 0.3 is 6.61 Å². The second kappa shape index (κ2) is 7.04. The number of halogens is 2. The lowest BCUT2D eigenvalue weighted by molar-refractivity contribution is -0.0498. The zero-order valence-corrected chi connectivity index (χ0v) is 10.8. The molecule has 4 nitrogen and oxygen atoms in total. The molecule has 0 saturated heterocycles. The van der Waals surface area contributed by atoms with Crippen molar-refractivity contribution in [2.45, 2.75) is 26.5 Å². The lowest BCUT2D eigenvalue weighted by Gasteiger charge is -2.20. The number of aliphatic hydroxyl groups excluding tert-OH is 1. The van der Waals surface area contributed by atoms with E-state index in [9.17, 15) is 13.6 Å². The average Bonchev–Trinajstić information content (AvgIpc) is 2.34. The van der Waals surface area contributed by atoms with Crippen LogP contribution in [0.25, 0.3) is 0 Å². The highest BCUT2D eigenvalue weighted by Crippen LogP contribution is 2.16. The van der Waals surface area contributed by atoms with E-state index in [1.165, 1.54) is 24.3 Å². The number of aliphatic hydroxyl groups is 1. The van der Waals surface area contributed by atoms with E-state index in [2.05, 4.69) is 10.1 Å². The number of alkyl halides is 2. The Labute approximate surface area is 110 Å². The lowest BCUT2D eigenvalue weighted by Crippen LogP contribution is -2.41. The standard InChI is InChI=1S/C13H17F2NO3/c1-8(2)11(7-17)16-12(18)9-4-3-5-10(6-9)19-13(14)15/h3-6,8,11,13,17H,7H2,1-2H3,(H,16,18). The fraction of sp³-hybridized carbons (Fsp3) is 0.462. The maximum absolute atomic E-state index is 12.1. The number of hydrogen-bond acceptors (Lipinski definition) is 3. The highest BCUT2D eigenvalue weighted by molar-refractivity contribution is 5.94. The largest absolute Gasteiger partial charge is 0.435 e. The van der Waals surface area contributed by atoms with Crippen molar-refractivity contribution in [2.24, 2.45) is 5.92 Å². The number of nitrogens with one attached hydrogen (secondary N) is 1. The van der Waals surface area contributed by atoms with Crippen LogP contribution in [0.3, 0.4) is 0 Å². The molecule has 0 heterocycles. The molecule has 1 amide bonds. The summed E-state index contributed by atoms with van der Waals surface area (Å²) >= 11 is 0. The summed E-state index contributed by atoms with van der Waals surface area (Å²) in [6.07, 6.45) is 0. The van der Waals surface area contributed by atoms with E-state index in [1.54, 1.807) is 0 Å². The predicted octanol–water partition coefficient (Wildman–Crippen LogP) is 2.03. The quantitative estimate of drug-likeness (QED) is 0.833. The fourth-order valence-corrected chi connectivity index (χ4v) is 1.49. The minimum atomic E-state index is -2.93. The van der Waals surface area contributed by atoms with Gasteiger partial charge in [-0.15, -0.1) is 0 Å². The Hall–Kier alpha value is -1.69. The van der Waals surface area contributed by atoms with Crippen LogP contribution in [0.1, 0.15) is 24.2 Å². The molecule has 19 heavy (non-hydrogen) atoms. The van der Waals surface area contributed by atoms with Crippen LogP contribution in [-0.2, 0) is 0 Å². The molecule has 2 N–H and O–H groups in total. The van der Waals surface area contributed by atoms with Crippen molar-refractivity contribution < 1.29 is 23.4 Å². The minimum absolute atomic E-state index is 0.0643. The average molecular weight is 273 g/mol. The third-order valence-corrected chi connectivity index (χ3v) is 2.64. The van der Waals surface area contributed by atoms with Gasteiger partial charge in [0.1, 0.15) is 5.75 Å².